The molecular weight excluding hydrogens is 370 g/mol. The van der Waals surface area contributed by atoms with Crippen LogP contribution in [-0.2, 0) is 0 Å². The van der Waals surface area contributed by atoms with Crippen LogP contribution in [0, 0.1) is 5.92 Å². The monoisotopic (exact) mass is 393 g/mol. The Hall–Kier alpha value is -2.44. The number of piperidine rings is 3. The maximum atomic E-state index is 12.8. The van der Waals surface area contributed by atoms with E-state index in [4.69, 9.17) is 4.42 Å². The van der Waals surface area contributed by atoms with Crippen LogP contribution in [0.4, 0.5) is 0 Å². The molecule has 6 heteroatoms. The van der Waals surface area contributed by atoms with Crippen LogP contribution in [0.15, 0.2) is 52.4 Å². The summed E-state index contributed by atoms with van der Waals surface area (Å²) in [5.74, 6) is 1.55. The molecule has 6 rings (SSSR count). The lowest BCUT2D eigenvalue weighted by Crippen LogP contribution is -2.62. The van der Waals surface area contributed by atoms with Crippen molar-refractivity contribution in [1.82, 2.24) is 15.2 Å². The number of carbonyl (C=O) groups excluding carboxylic acids is 1. The molecule has 2 unspecified atom stereocenters. The summed E-state index contributed by atoms with van der Waals surface area (Å²) in [7, 11) is 0. The number of rotatable bonds is 4. The van der Waals surface area contributed by atoms with Crippen LogP contribution in [0.2, 0.25) is 0 Å². The zero-order chi connectivity index (χ0) is 19.1. The van der Waals surface area contributed by atoms with Gasteiger partial charge in [-0.25, -0.2) is 4.98 Å². The van der Waals surface area contributed by atoms with E-state index in [0.717, 1.165) is 29.2 Å². The van der Waals surface area contributed by atoms with Crippen molar-refractivity contribution < 1.29 is 9.21 Å². The fourth-order valence-electron chi connectivity index (χ4n) is 4.53. The molecule has 3 aliphatic rings. The van der Waals surface area contributed by atoms with Crippen molar-refractivity contribution in [2.75, 3.05) is 13.1 Å². The minimum Gasteiger partial charge on any atom is -0.451 e. The Morgan fingerprint density at radius 3 is 2.57 bits per heavy atom. The Bertz CT molecular complexity index is 954. The Labute approximate surface area is 168 Å². The van der Waals surface area contributed by atoms with Crippen LogP contribution in [0.3, 0.4) is 0 Å². The van der Waals surface area contributed by atoms with Gasteiger partial charge in [0.2, 0.25) is 0 Å². The van der Waals surface area contributed by atoms with Crippen LogP contribution in [0.25, 0.3) is 21.9 Å². The molecule has 0 radical (unpaired) electrons. The lowest BCUT2D eigenvalue weighted by atomic mass is 9.79. The van der Waals surface area contributed by atoms with Crippen molar-refractivity contribution >= 4 is 17.2 Å². The molecule has 5 nitrogen and oxygen atoms in total. The van der Waals surface area contributed by atoms with Crippen LogP contribution in [-0.4, -0.2) is 41.0 Å². The molecule has 3 aromatic rings. The number of hydrogen-bond donors (Lipinski definition) is 1. The number of aromatic nitrogens is 1. The predicted octanol–water partition coefficient (Wildman–Crippen LogP) is 4.28. The number of nitrogens with zero attached hydrogens (tertiary/aromatic N) is 2. The normalized spacial score (nSPS) is 26.3. The zero-order valence-electron chi connectivity index (χ0n) is 15.8. The maximum Gasteiger partial charge on any atom is 0.287 e. The minimum absolute atomic E-state index is 0.115. The van der Waals surface area contributed by atoms with E-state index in [0.29, 0.717) is 23.5 Å². The van der Waals surface area contributed by atoms with E-state index in [1.54, 1.807) is 23.6 Å². The zero-order valence-corrected chi connectivity index (χ0v) is 16.6. The summed E-state index contributed by atoms with van der Waals surface area (Å²) in [6.07, 6.45) is 4.15. The summed E-state index contributed by atoms with van der Waals surface area (Å²) in [6, 6.07) is 12.3. The molecule has 0 saturated carbocycles. The molecule has 3 aliphatic heterocycles. The molecule has 0 aliphatic carbocycles. The maximum absolute atomic E-state index is 12.8. The molecule has 5 heterocycles. The molecule has 3 fully saturated rings. The third-order valence-corrected chi connectivity index (χ3v) is 6.98. The topological polar surface area (TPSA) is 58.4 Å². The highest BCUT2D eigenvalue weighted by atomic mass is 32.1. The Morgan fingerprint density at radius 2 is 1.89 bits per heavy atom. The summed E-state index contributed by atoms with van der Waals surface area (Å²) in [5.41, 5.74) is 2.04. The second-order valence-electron chi connectivity index (χ2n) is 7.69. The van der Waals surface area contributed by atoms with Crippen LogP contribution >= 0.6 is 11.3 Å². The summed E-state index contributed by atoms with van der Waals surface area (Å²) in [6.45, 7) is 4.52. The molecule has 1 N–H and O–H groups in total. The first-order valence-electron chi connectivity index (χ1n) is 9.84. The first-order chi connectivity index (χ1) is 13.7. The number of carbonyl (C=O) groups is 1. The average Bonchev–Trinajstić information content (AvgIpc) is 3.43. The number of amides is 1. The molecule has 144 valence electrons. The minimum atomic E-state index is -0.115. The van der Waals surface area contributed by atoms with Gasteiger partial charge in [0.25, 0.3) is 5.91 Å². The van der Waals surface area contributed by atoms with E-state index in [2.05, 4.69) is 22.1 Å². The van der Waals surface area contributed by atoms with Gasteiger partial charge in [0.15, 0.2) is 5.76 Å². The average molecular weight is 394 g/mol. The van der Waals surface area contributed by atoms with E-state index >= 15 is 0 Å². The highest BCUT2D eigenvalue weighted by Gasteiger charge is 2.40. The summed E-state index contributed by atoms with van der Waals surface area (Å²) in [5, 5.41) is 6.19. The van der Waals surface area contributed by atoms with Gasteiger partial charge in [0.05, 0.1) is 0 Å². The lowest BCUT2D eigenvalue weighted by molar-refractivity contribution is 0.0211. The van der Waals surface area contributed by atoms with Gasteiger partial charge in [-0.2, -0.15) is 0 Å². The smallest absolute Gasteiger partial charge is 0.287 e. The number of thiazole rings is 1. The van der Waals surface area contributed by atoms with E-state index < -0.39 is 0 Å². The Morgan fingerprint density at radius 1 is 1.14 bits per heavy atom. The van der Waals surface area contributed by atoms with Crippen LogP contribution in [0.1, 0.15) is 30.3 Å². The van der Waals surface area contributed by atoms with Gasteiger partial charge in [0.1, 0.15) is 10.8 Å². The van der Waals surface area contributed by atoms with E-state index in [-0.39, 0.29) is 11.9 Å². The lowest BCUT2D eigenvalue weighted by Gasteiger charge is -2.49. The number of hydrogen-bond acceptors (Lipinski definition) is 5. The van der Waals surface area contributed by atoms with Gasteiger partial charge in [-0.05, 0) is 50.9 Å². The summed E-state index contributed by atoms with van der Waals surface area (Å²) >= 11 is 1.62. The molecule has 28 heavy (non-hydrogen) atoms. The molecule has 2 aromatic heterocycles. The first kappa shape index (κ1) is 17.6. The summed E-state index contributed by atoms with van der Waals surface area (Å²) < 4.78 is 5.88. The van der Waals surface area contributed by atoms with Crippen LogP contribution < -0.4 is 5.32 Å². The highest BCUT2D eigenvalue weighted by molar-refractivity contribution is 7.13. The van der Waals surface area contributed by atoms with Crippen molar-refractivity contribution in [3.63, 3.8) is 0 Å². The van der Waals surface area contributed by atoms with Crippen molar-refractivity contribution in [2.45, 2.75) is 31.8 Å². The fraction of sp³-hybridized carbons (Fsp3) is 0.364. The molecule has 1 amide bonds. The van der Waals surface area contributed by atoms with Crippen molar-refractivity contribution in [2.24, 2.45) is 5.92 Å². The molecule has 3 saturated heterocycles. The van der Waals surface area contributed by atoms with Gasteiger partial charge in [-0.15, -0.1) is 11.3 Å². The van der Waals surface area contributed by atoms with Crippen LogP contribution in [0.5, 0.6) is 0 Å². The quantitative estimate of drug-likeness (QED) is 0.719. The van der Waals surface area contributed by atoms with E-state index in [1.807, 2.05) is 35.7 Å². The van der Waals surface area contributed by atoms with E-state index in [9.17, 15) is 4.79 Å². The number of furan rings is 1. The Kier molecular flexibility index (Phi) is 4.53. The molecule has 0 spiro atoms. The predicted molar refractivity (Wildman–Crippen MR) is 110 cm³/mol. The second kappa shape index (κ2) is 7.18. The summed E-state index contributed by atoms with van der Waals surface area (Å²) in [4.78, 5) is 19.6. The van der Waals surface area contributed by atoms with Gasteiger partial charge in [-0.3, -0.25) is 9.69 Å². The van der Waals surface area contributed by atoms with Gasteiger partial charge in [-0.1, -0.05) is 24.3 Å². The van der Waals surface area contributed by atoms with Crippen molar-refractivity contribution in [3.05, 3.63) is 53.7 Å². The van der Waals surface area contributed by atoms with E-state index in [1.165, 1.54) is 12.8 Å². The SMILES string of the molecule is CC1C(NC(=O)c2ccc(-c3ccc(-c4nccs4)cc3)o2)C2CCN1CC2. The molecule has 2 atom stereocenters. The Balaban J connectivity index is 1.30. The third kappa shape index (κ3) is 3.16. The molecular formula is C22H23N3O2S. The van der Waals surface area contributed by atoms with Crippen molar-refractivity contribution in [3.8, 4) is 21.9 Å². The molecule has 1 aromatic carbocycles. The third-order valence-electron chi connectivity index (χ3n) is 6.15. The standard InChI is InChI=1S/C22H23N3O2S/c1-14-20(16-8-11-25(14)12-9-16)24-21(26)19-7-6-18(27-19)15-2-4-17(5-3-15)22-23-10-13-28-22/h2-7,10,13-14,16,20H,8-9,11-12H2,1H3,(H,24,26). The van der Waals surface area contributed by atoms with Gasteiger partial charge >= 0.3 is 0 Å². The first-order valence-corrected chi connectivity index (χ1v) is 10.7. The van der Waals surface area contributed by atoms with Crippen molar-refractivity contribution in [1.29, 1.82) is 0 Å². The number of nitrogens with one attached hydrogen (secondary N) is 1. The largest absolute Gasteiger partial charge is 0.451 e. The highest BCUT2D eigenvalue weighted by Crippen LogP contribution is 2.32. The molecule has 2 bridgehead atoms. The van der Waals surface area contributed by atoms with Gasteiger partial charge < -0.3 is 9.73 Å². The fourth-order valence-corrected chi connectivity index (χ4v) is 5.17. The number of benzene rings is 1. The van der Waals surface area contributed by atoms with Gasteiger partial charge in [0, 0.05) is 34.8 Å². The second-order valence-corrected chi connectivity index (χ2v) is 8.59. The number of fused-ring (bicyclic) bond motifs is 3.